The molecule has 1 heterocycles. The van der Waals surface area contributed by atoms with Crippen LogP contribution in [0.15, 0.2) is 46.7 Å². The van der Waals surface area contributed by atoms with E-state index in [4.69, 9.17) is 28.0 Å². The molecule has 34 heavy (non-hydrogen) atoms. The van der Waals surface area contributed by atoms with Gasteiger partial charge in [0.25, 0.3) is 11.5 Å². The van der Waals surface area contributed by atoms with Crippen molar-refractivity contribution < 1.29 is 40.8 Å². The van der Waals surface area contributed by atoms with Gasteiger partial charge in [-0.2, -0.15) is 26.3 Å². The fraction of sp³-hybridized carbons (Fsp3) is 0.250. The van der Waals surface area contributed by atoms with Crippen LogP contribution in [0.4, 0.5) is 26.3 Å². The number of nitrogens with one attached hydrogen (secondary N) is 1. The lowest BCUT2D eigenvalue weighted by Gasteiger charge is -2.30. The third-order valence-electron chi connectivity index (χ3n) is 4.82. The van der Waals surface area contributed by atoms with Gasteiger partial charge in [0.05, 0.1) is 21.3 Å². The number of carbonyl (C=O) groups excluding carboxylic acids is 1. The molecule has 2 aromatic carbocycles. The number of benzene rings is 2. The van der Waals surface area contributed by atoms with E-state index in [0.717, 1.165) is 6.34 Å². The maximum absolute atomic E-state index is 14.1. The lowest BCUT2D eigenvalue weighted by Crippen LogP contribution is -2.43. The molecule has 1 unspecified atom stereocenters. The summed E-state index contributed by atoms with van der Waals surface area (Å²) in [5.41, 5.74) is -5.58. The molecule has 0 radical (unpaired) electrons. The summed E-state index contributed by atoms with van der Waals surface area (Å²) in [5, 5.41) is 7.46. The Balaban J connectivity index is 1.94. The van der Waals surface area contributed by atoms with Gasteiger partial charge < -0.3 is 15.0 Å². The van der Waals surface area contributed by atoms with Crippen molar-refractivity contribution in [3.8, 4) is 0 Å². The van der Waals surface area contributed by atoms with E-state index in [1.54, 1.807) is 0 Å². The maximum Gasteiger partial charge on any atom is 0.435 e. The van der Waals surface area contributed by atoms with Crippen LogP contribution in [0.3, 0.4) is 0 Å². The van der Waals surface area contributed by atoms with Crippen molar-refractivity contribution in [2.75, 3.05) is 7.11 Å². The van der Waals surface area contributed by atoms with Gasteiger partial charge in [0.2, 0.25) is 0 Å². The minimum absolute atomic E-state index is 0.146. The molecule has 1 aliphatic rings. The highest BCUT2D eigenvalue weighted by atomic mass is 35.5. The normalized spacial score (nSPS) is 18.6. The zero-order chi connectivity index (χ0) is 25.3. The van der Waals surface area contributed by atoms with Gasteiger partial charge in [-0.15, -0.1) is 0 Å². The van der Waals surface area contributed by atoms with Gasteiger partial charge in [0, 0.05) is 17.5 Å². The summed E-state index contributed by atoms with van der Waals surface area (Å²) in [4.78, 5) is 21.1. The highest BCUT2D eigenvalue weighted by Crippen LogP contribution is 2.51. The van der Waals surface area contributed by atoms with E-state index in [1.165, 1.54) is 31.4 Å². The highest BCUT2D eigenvalue weighted by molar-refractivity contribution is 6.42. The van der Waals surface area contributed by atoms with Crippen molar-refractivity contribution in [2.24, 2.45) is 10.3 Å². The number of amides is 1. The molecule has 0 bridgehead atoms. The van der Waals surface area contributed by atoms with E-state index in [1.807, 2.05) is 0 Å². The molecule has 2 aromatic rings. The molecule has 3 rings (SSSR count). The Kier molecular flexibility index (Phi) is 7.04. The maximum atomic E-state index is 14.1. The molecule has 6 nitrogen and oxygen atoms in total. The molecule has 182 valence electrons. The first-order valence-corrected chi connectivity index (χ1v) is 9.90. The zero-order valence-electron chi connectivity index (χ0n) is 16.9. The second-order valence-electron chi connectivity index (χ2n) is 6.92. The van der Waals surface area contributed by atoms with Crippen molar-refractivity contribution in [2.45, 2.75) is 24.4 Å². The fourth-order valence-electron chi connectivity index (χ4n) is 3.12. The quantitative estimate of drug-likeness (QED) is 0.227. The van der Waals surface area contributed by atoms with Crippen LogP contribution < -0.4 is 5.32 Å². The monoisotopic (exact) mass is 527 g/mol. The topological polar surface area (TPSA) is 72.3 Å². The van der Waals surface area contributed by atoms with Gasteiger partial charge in [-0.3, -0.25) is 4.79 Å². The Morgan fingerprint density at radius 2 is 1.82 bits per heavy atom. The average molecular weight is 528 g/mol. The third kappa shape index (κ3) is 4.92. The number of nitrogens with zero attached hydrogens (tertiary/aromatic N) is 2. The van der Waals surface area contributed by atoms with Crippen molar-refractivity contribution in [3.63, 3.8) is 0 Å². The number of hydrogen-bond donors (Lipinski definition) is 1. The average Bonchev–Trinajstić information content (AvgIpc) is 3.22. The van der Waals surface area contributed by atoms with Crippen LogP contribution in [0, 0.1) is 0 Å². The molecular formula is C20H13Cl2F6N3O3. The summed E-state index contributed by atoms with van der Waals surface area (Å²) in [5.74, 6) is -0.572. The Hall–Kier alpha value is -2.99. The van der Waals surface area contributed by atoms with Crippen molar-refractivity contribution in [3.05, 3.63) is 68.7 Å². The molecule has 0 fully saturated rings. The number of oxime groups is 2. The van der Waals surface area contributed by atoms with Crippen molar-refractivity contribution >= 4 is 41.2 Å². The zero-order valence-corrected chi connectivity index (χ0v) is 18.4. The largest absolute Gasteiger partial charge is 0.435 e. The molecule has 0 aromatic heterocycles. The van der Waals surface area contributed by atoms with E-state index < -0.39 is 51.5 Å². The van der Waals surface area contributed by atoms with E-state index >= 15 is 0 Å². The van der Waals surface area contributed by atoms with Crippen molar-refractivity contribution in [1.29, 1.82) is 0 Å². The smallest absolute Gasteiger partial charge is 0.398 e. The van der Waals surface area contributed by atoms with Gasteiger partial charge in [-0.05, 0) is 29.8 Å². The van der Waals surface area contributed by atoms with E-state index in [2.05, 4.69) is 20.5 Å². The predicted molar refractivity (Wildman–Crippen MR) is 111 cm³/mol. The van der Waals surface area contributed by atoms with Crippen LogP contribution in [-0.2, 0) is 21.5 Å². The fourth-order valence-corrected chi connectivity index (χ4v) is 3.56. The summed E-state index contributed by atoms with van der Waals surface area (Å²) in [7, 11) is 1.27. The number of alkyl halides is 6. The summed E-state index contributed by atoms with van der Waals surface area (Å²) in [6.45, 7) is 0. The highest BCUT2D eigenvalue weighted by Gasteiger charge is 2.62. The van der Waals surface area contributed by atoms with Crippen LogP contribution in [0.25, 0.3) is 0 Å². The van der Waals surface area contributed by atoms with E-state index in [0.29, 0.717) is 6.07 Å². The predicted octanol–water partition coefficient (Wildman–Crippen LogP) is 5.91. The van der Waals surface area contributed by atoms with E-state index in [-0.39, 0.29) is 22.9 Å². The van der Waals surface area contributed by atoms with Crippen LogP contribution in [0.5, 0.6) is 0 Å². The first-order chi connectivity index (χ1) is 15.8. The molecular weight excluding hydrogens is 515 g/mol. The summed E-state index contributed by atoms with van der Waals surface area (Å²) >= 11 is 11.3. The Morgan fingerprint density at radius 3 is 2.38 bits per heavy atom. The van der Waals surface area contributed by atoms with Gasteiger partial charge >= 0.3 is 12.4 Å². The standard InChI is InChI=1S/C20H13Cl2F6N3O3/c1-33-30-9-29-17(32)11-4-2-10(3-5-11)15-8-18(34-31-15,20(26,27)28)12-6-13(19(23,24)25)16(22)14(21)7-12/h2-7,9H,8H2,1H3,(H,29,30,32). The summed E-state index contributed by atoms with van der Waals surface area (Å²) in [6.07, 6.45) is -10.2. The van der Waals surface area contributed by atoms with E-state index in [9.17, 15) is 31.1 Å². The van der Waals surface area contributed by atoms with Gasteiger partial charge in [0.1, 0.15) is 13.4 Å². The molecule has 0 aliphatic carbocycles. The summed E-state index contributed by atoms with van der Waals surface area (Å²) in [6, 6.07) is 6.15. The second-order valence-corrected chi connectivity index (χ2v) is 7.70. The third-order valence-corrected chi connectivity index (χ3v) is 5.62. The molecule has 1 atom stereocenters. The number of hydrogen-bond acceptors (Lipinski definition) is 5. The molecule has 1 amide bonds. The second kappa shape index (κ2) is 9.34. The van der Waals surface area contributed by atoms with Crippen LogP contribution in [0.1, 0.15) is 33.5 Å². The molecule has 14 heteroatoms. The Labute approximate surface area is 198 Å². The number of carbonyl (C=O) groups is 1. The number of halogens is 8. The van der Waals surface area contributed by atoms with Crippen LogP contribution >= 0.6 is 23.2 Å². The molecule has 1 aliphatic heterocycles. The first kappa shape index (κ1) is 25.6. The Morgan fingerprint density at radius 1 is 1.18 bits per heavy atom. The van der Waals surface area contributed by atoms with Gasteiger partial charge in [0.15, 0.2) is 0 Å². The van der Waals surface area contributed by atoms with Crippen molar-refractivity contribution in [1.82, 2.24) is 5.32 Å². The van der Waals surface area contributed by atoms with Crippen LogP contribution in [0.2, 0.25) is 10.0 Å². The molecule has 0 spiro atoms. The summed E-state index contributed by atoms with van der Waals surface area (Å²) < 4.78 is 82.4. The first-order valence-electron chi connectivity index (χ1n) is 9.15. The Bertz CT molecular complexity index is 1150. The van der Waals surface area contributed by atoms with Crippen LogP contribution in [-0.4, -0.2) is 31.2 Å². The van der Waals surface area contributed by atoms with Gasteiger partial charge in [-0.1, -0.05) is 45.6 Å². The SMILES string of the molecule is CO/N=C\NC(=O)c1ccc(C2=NOC(c3cc(Cl)c(Cl)c(C(F)(F)F)c3)(C(F)(F)F)C2)cc1. The number of rotatable bonds is 5. The van der Waals surface area contributed by atoms with Gasteiger partial charge in [-0.25, -0.2) is 0 Å². The minimum Gasteiger partial charge on any atom is -0.398 e. The molecule has 0 saturated heterocycles. The lowest BCUT2D eigenvalue weighted by atomic mass is 9.85. The molecule has 0 saturated carbocycles. The molecule has 1 N–H and O–H groups in total. The minimum atomic E-state index is -5.17. The lowest BCUT2D eigenvalue weighted by molar-refractivity contribution is -0.276.